The van der Waals surface area contributed by atoms with Crippen molar-refractivity contribution in [2.45, 2.75) is 62.4 Å². The van der Waals surface area contributed by atoms with Crippen molar-refractivity contribution in [3.63, 3.8) is 0 Å². The lowest BCUT2D eigenvalue weighted by atomic mass is 9.83. The molecule has 2 saturated heterocycles. The van der Waals surface area contributed by atoms with E-state index in [1.807, 2.05) is 18.4 Å². The monoisotopic (exact) mass is 437 g/mol. The molecule has 1 spiro atoms. The number of allylic oxidation sites excluding steroid dienone is 2. The van der Waals surface area contributed by atoms with Gasteiger partial charge in [-0.05, 0) is 30.9 Å². The number of aliphatic imine (C=N–C) groups is 2. The van der Waals surface area contributed by atoms with Crippen LogP contribution in [-0.2, 0) is 4.74 Å². The highest BCUT2D eigenvalue weighted by Gasteiger charge is 2.47. The molecule has 7 nitrogen and oxygen atoms in total. The molecule has 0 aromatic heterocycles. The van der Waals surface area contributed by atoms with E-state index in [-0.39, 0.29) is 31.0 Å². The number of nitrogens with zero attached hydrogens (tertiary/aromatic N) is 3. The SMILES string of the molecule is O=C1NCC2(CCN(C3=CC=C(C4=NC5CCC(C(F)(F)F)CC5N4)CC=N3)CC2)O1. The van der Waals surface area contributed by atoms with Gasteiger partial charge < -0.3 is 20.3 Å². The second-order valence-corrected chi connectivity index (χ2v) is 8.99. The quantitative estimate of drug-likeness (QED) is 0.697. The molecule has 3 fully saturated rings. The Bertz CT molecular complexity index is 871. The fraction of sp³-hybridized carbons (Fsp3) is 0.667. The Morgan fingerprint density at radius 3 is 2.71 bits per heavy atom. The summed E-state index contributed by atoms with van der Waals surface area (Å²) in [6.45, 7) is 2.03. The number of amides is 1. The molecule has 5 rings (SSSR count). The van der Waals surface area contributed by atoms with Crippen molar-refractivity contribution in [3.8, 4) is 0 Å². The molecular formula is C21H26F3N5O2. The summed E-state index contributed by atoms with van der Waals surface area (Å²) in [5, 5.41) is 5.98. The summed E-state index contributed by atoms with van der Waals surface area (Å²) in [5.74, 6) is 0.294. The Labute approximate surface area is 178 Å². The molecule has 31 heavy (non-hydrogen) atoms. The molecule has 3 unspecified atom stereocenters. The van der Waals surface area contributed by atoms with E-state index in [1.165, 1.54) is 0 Å². The highest BCUT2D eigenvalue weighted by Crippen LogP contribution is 2.40. The Kier molecular flexibility index (Phi) is 4.97. The van der Waals surface area contributed by atoms with Gasteiger partial charge >= 0.3 is 12.3 Å². The summed E-state index contributed by atoms with van der Waals surface area (Å²) in [5.41, 5.74) is 0.538. The molecule has 0 radical (unpaired) electrons. The lowest BCUT2D eigenvalue weighted by Crippen LogP contribution is -2.46. The summed E-state index contributed by atoms with van der Waals surface area (Å²) in [6.07, 6.45) is 4.01. The number of ether oxygens (including phenoxy) is 1. The molecule has 4 aliphatic heterocycles. The molecule has 10 heteroatoms. The minimum Gasteiger partial charge on any atom is -0.441 e. The van der Waals surface area contributed by atoms with Crippen LogP contribution in [0.1, 0.15) is 38.5 Å². The Morgan fingerprint density at radius 2 is 2.00 bits per heavy atom. The molecule has 4 heterocycles. The highest BCUT2D eigenvalue weighted by molar-refractivity contribution is 6.02. The van der Waals surface area contributed by atoms with E-state index in [1.54, 1.807) is 0 Å². The van der Waals surface area contributed by atoms with Gasteiger partial charge in [0.15, 0.2) is 0 Å². The number of alkyl halides is 3. The fourth-order valence-electron chi connectivity index (χ4n) is 5.13. The largest absolute Gasteiger partial charge is 0.441 e. The van der Waals surface area contributed by atoms with E-state index < -0.39 is 17.7 Å². The zero-order valence-corrected chi connectivity index (χ0v) is 17.1. The third kappa shape index (κ3) is 4.04. The van der Waals surface area contributed by atoms with Crippen LogP contribution < -0.4 is 10.6 Å². The summed E-state index contributed by atoms with van der Waals surface area (Å²) in [4.78, 5) is 22.9. The molecule has 2 N–H and O–H groups in total. The number of fused-ring (bicyclic) bond motifs is 1. The molecule has 168 valence electrons. The number of nitrogens with one attached hydrogen (secondary N) is 2. The molecule has 0 bridgehead atoms. The fourth-order valence-corrected chi connectivity index (χ4v) is 5.13. The second kappa shape index (κ2) is 7.56. The van der Waals surface area contributed by atoms with Crippen molar-refractivity contribution < 1.29 is 22.7 Å². The number of hydrogen-bond donors (Lipinski definition) is 2. The highest BCUT2D eigenvalue weighted by atomic mass is 19.4. The first-order chi connectivity index (χ1) is 14.8. The van der Waals surface area contributed by atoms with Crippen LogP contribution in [0.25, 0.3) is 0 Å². The average Bonchev–Trinajstić information content (AvgIpc) is 3.22. The van der Waals surface area contributed by atoms with Crippen molar-refractivity contribution in [2.75, 3.05) is 19.6 Å². The van der Waals surface area contributed by atoms with E-state index in [4.69, 9.17) is 9.73 Å². The van der Waals surface area contributed by atoms with E-state index in [0.29, 0.717) is 25.2 Å². The smallest absolute Gasteiger partial charge is 0.407 e. The van der Waals surface area contributed by atoms with Gasteiger partial charge in [-0.1, -0.05) is 6.08 Å². The zero-order valence-electron chi connectivity index (χ0n) is 17.1. The number of likely N-dealkylation sites (tertiary alicyclic amines) is 1. The number of hydrogen-bond acceptors (Lipinski definition) is 6. The molecule has 5 aliphatic rings. The number of amidine groups is 1. The molecular weight excluding hydrogens is 411 g/mol. The molecule has 3 atom stereocenters. The Balaban J connectivity index is 1.23. The summed E-state index contributed by atoms with van der Waals surface area (Å²) >= 11 is 0. The maximum atomic E-state index is 13.1. The van der Waals surface area contributed by atoms with Crippen LogP contribution in [0, 0.1) is 5.92 Å². The van der Waals surface area contributed by atoms with Gasteiger partial charge in [0, 0.05) is 38.6 Å². The number of halogens is 3. The van der Waals surface area contributed by atoms with Crippen LogP contribution in [0.15, 0.2) is 33.5 Å². The van der Waals surface area contributed by atoms with E-state index >= 15 is 0 Å². The standard InChI is InChI=1S/C21H26F3N5O2/c22-21(23,24)14-2-3-15-16(11-14)28-18(27-15)13-1-4-17(25-8-5-13)29-9-6-20(7-10-29)12-26-19(30)31-20/h1,4,8,14-16H,2-3,5-7,9-12H2,(H,26,30)(H,27,28). The topological polar surface area (TPSA) is 78.3 Å². The number of rotatable bonds is 2. The van der Waals surface area contributed by atoms with Crippen LogP contribution in [0.3, 0.4) is 0 Å². The number of piperidine rings is 1. The maximum Gasteiger partial charge on any atom is 0.407 e. The number of carbonyl (C=O) groups excluding carboxylic acids is 1. The van der Waals surface area contributed by atoms with Gasteiger partial charge in [0.2, 0.25) is 0 Å². The van der Waals surface area contributed by atoms with Gasteiger partial charge in [-0.25, -0.2) is 9.79 Å². The molecule has 0 aromatic rings. The second-order valence-electron chi connectivity index (χ2n) is 8.99. The third-order valence-corrected chi connectivity index (χ3v) is 7.03. The molecule has 0 aromatic carbocycles. The third-order valence-electron chi connectivity index (χ3n) is 7.03. The summed E-state index contributed by atoms with van der Waals surface area (Å²) in [6, 6.07) is -0.333. The van der Waals surface area contributed by atoms with E-state index in [2.05, 4.69) is 20.5 Å². The van der Waals surface area contributed by atoms with Crippen molar-refractivity contribution >= 4 is 18.1 Å². The Hall–Kier alpha value is -2.52. The summed E-state index contributed by atoms with van der Waals surface area (Å²) < 4.78 is 44.8. The molecule has 1 saturated carbocycles. The minimum atomic E-state index is -4.14. The molecule has 1 aliphatic carbocycles. The van der Waals surface area contributed by atoms with Gasteiger partial charge in [-0.15, -0.1) is 0 Å². The number of carbonyl (C=O) groups is 1. The van der Waals surface area contributed by atoms with Gasteiger partial charge in [-0.2, -0.15) is 13.2 Å². The van der Waals surface area contributed by atoms with Crippen LogP contribution in [-0.4, -0.2) is 66.5 Å². The molecule has 1 amide bonds. The van der Waals surface area contributed by atoms with Crippen LogP contribution >= 0.6 is 0 Å². The van der Waals surface area contributed by atoms with Crippen molar-refractivity contribution in [1.82, 2.24) is 15.5 Å². The van der Waals surface area contributed by atoms with Gasteiger partial charge in [0.05, 0.1) is 24.5 Å². The summed E-state index contributed by atoms with van der Waals surface area (Å²) in [7, 11) is 0. The first kappa shape index (κ1) is 20.4. The van der Waals surface area contributed by atoms with Crippen LogP contribution in [0.5, 0.6) is 0 Å². The van der Waals surface area contributed by atoms with Crippen LogP contribution in [0.4, 0.5) is 18.0 Å². The van der Waals surface area contributed by atoms with E-state index in [9.17, 15) is 18.0 Å². The predicted octanol–water partition coefficient (Wildman–Crippen LogP) is 2.90. The minimum absolute atomic E-state index is 0.0819. The lowest BCUT2D eigenvalue weighted by Gasteiger charge is -2.38. The first-order valence-electron chi connectivity index (χ1n) is 10.9. The van der Waals surface area contributed by atoms with E-state index in [0.717, 1.165) is 37.3 Å². The maximum absolute atomic E-state index is 13.1. The average molecular weight is 437 g/mol. The Morgan fingerprint density at radius 1 is 1.19 bits per heavy atom. The van der Waals surface area contributed by atoms with Gasteiger partial charge in [0.25, 0.3) is 0 Å². The van der Waals surface area contributed by atoms with Gasteiger partial charge in [-0.3, -0.25) is 4.99 Å². The first-order valence-corrected chi connectivity index (χ1v) is 10.9. The number of alkyl carbamates (subject to hydrolysis) is 1. The van der Waals surface area contributed by atoms with Gasteiger partial charge in [0.1, 0.15) is 17.3 Å². The normalized spacial score (nSPS) is 32.4. The lowest BCUT2D eigenvalue weighted by molar-refractivity contribution is -0.183. The predicted molar refractivity (Wildman–Crippen MR) is 109 cm³/mol. The van der Waals surface area contributed by atoms with Crippen molar-refractivity contribution in [1.29, 1.82) is 0 Å². The van der Waals surface area contributed by atoms with Crippen LogP contribution in [0.2, 0.25) is 0 Å². The zero-order chi connectivity index (χ0) is 21.6. The van der Waals surface area contributed by atoms with Crippen molar-refractivity contribution in [3.05, 3.63) is 23.5 Å². The van der Waals surface area contributed by atoms with Crippen molar-refractivity contribution in [2.24, 2.45) is 15.9 Å².